The molecule has 3 atom stereocenters. The van der Waals surface area contributed by atoms with Crippen LogP contribution in [0.15, 0.2) is 30.3 Å². The molecule has 2 aromatic rings. The number of nitrogens with two attached hydrogens (primary N) is 1. The Kier molecular flexibility index (Phi) is 3.86. The number of aliphatic hydroxyl groups is 1. The van der Waals surface area contributed by atoms with Crippen LogP contribution in [-0.4, -0.2) is 44.8 Å². The van der Waals surface area contributed by atoms with Gasteiger partial charge in [0.15, 0.2) is 0 Å². The molecule has 6 nitrogen and oxygen atoms in total. The number of aliphatic hydroxyl groups excluding tert-OH is 1. The highest BCUT2D eigenvalue weighted by atomic mass is 16.3. The Bertz CT molecular complexity index is 733. The van der Waals surface area contributed by atoms with Crippen molar-refractivity contribution in [1.29, 1.82) is 0 Å². The van der Waals surface area contributed by atoms with Gasteiger partial charge in [-0.3, -0.25) is 9.89 Å². The predicted molar refractivity (Wildman–Crippen MR) is 89.9 cm³/mol. The summed E-state index contributed by atoms with van der Waals surface area (Å²) in [6.07, 6.45) is 1.26. The summed E-state index contributed by atoms with van der Waals surface area (Å²) in [6.45, 7) is 1.25. The molecule has 1 aromatic carbocycles. The summed E-state index contributed by atoms with van der Waals surface area (Å²) in [6, 6.07) is 9.74. The molecule has 0 spiro atoms. The fourth-order valence-electron chi connectivity index (χ4n) is 3.83. The van der Waals surface area contributed by atoms with Crippen molar-refractivity contribution in [2.75, 3.05) is 6.54 Å². The molecule has 126 valence electrons. The fourth-order valence-corrected chi connectivity index (χ4v) is 3.83. The van der Waals surface area contributed by atoms with E-state index in [-0.39, 0.29) is 17.9 Å². The van der Waals surface area contributed by atoms with Crippen molar-refractivity contribution in [1.82, 2.24) is 15.1 Å². The third-order valence-corrected chi connectivity index (χ3v) is 5.22. The van der Waals surface area contributed by atoms with Crippen molar-refractivity contribution in [2.24, 2.45) is 11.7 Å². The number of rotatable bonds is 2. The number of fused-ring (bicyclic) bond motifs is 1. The zero-order valence-electron chi connectivity index (χ0n) is 13.5. The van der Waals surface area contributed by atoms with Crippen molar-refractivity contribution in [3.05, 3.63) is 41.6 Å². The molecule has 2 heterocycles. The van der Waals surface area contributed by atoms with Gasteiger partial charge in [0.25, 0.3) is 0 Å². The molecule has 0 saturated heterocycles. The highest BCUT2D eigenvalue weighted by Crippen LogP contribution is 2.31. The van der Waals surface area contributed by atoms with Gasteiger partial charge in [-0.2, -0.15) is 5.10 Å². The lowest BCUT2D eigenvalue weighted by molar-refractivity contribution is -0.136. The van der Waals surface area contributed by atoms with Crippen LogP contribution in [0.1, 0.15) is 24.1 Å². The Morgan fingerprint density at radius 3 is 2.79 bits per heavy atom. The highest BCUT2D eigenvalue weighted by Gasteiger charge is 2.38. The lowest BCUT2D eigenvalue weighted by Crippen LogP contribution is -2.39. The number of nitrogens with one attached hydrogen (secondary N) is 1. The summed E-state index contributed by atoms with van der Waals surface area (Å²) >= 11 is 0. The van der Waals surface area contributed by atoms with E-state index in [4.69, 9.17) is 5.73 Å². The molecular weight excluding hydrogens is 304 g/mol. The minimum absolute atomic E-state index is 0.105. The lowest BCUT2D eigenvalue weighted by Gasteiger charge is -2.29. The van der Waals surface area contributed by atoms with Crippen LogP contribution in [0.2, 0.25) is 0 Å². The van der Waals surface area contributed by atoms with Crippen molar-refractivity contribution in [3.63, 3.8) is 0 Å². The Morgan fingerprint density at radius 1 is 1.29 bits per heavy atom. The van der Waals surface area contributed by atoms with Gasteiger partial charge in [0.1, 0.15) is 0 Å². The Labute approximate surface area is 140 Å². The van der Waals surface area contributed by atoms with Crippen LogP contribution >= 0.6 is 0 Å². The Balaban J connectivity index is 1.55. The molecule has 1 aliphatic heterocycles. The van der Waals surface area contributed by atoms with Gasteiger partial charge in [0, 0.05) is 48.3 Å². The van der Waals surface area contributed by atoms with E-state index >= 15 is 0 Å². The molecule has 4 rings (SSSR count). The number of hydrogen-bond donors (Lipinski definition) is 3. The SMILES string of the molecule is N[C@H]1C[C@H](C(=O)N2CCc3[nH]nc(-c4ccccc4)c3C2)C[C@@H]1O. The number of nitrogens with zero attached hydrogens (tertiary/aromatic N) is 2. The number of aromatic amines is 1. The van der Waals surface area contributed by atoms with E-state index in [1.54, 1.807) is 0 Å². The van der Waals surface area contributed by atoms with E-state index in [2.05, 4.69) is 10.2 Å². The monoisotopic (exact) mass is 326 g/mol. The predicted octanol–water partition coefficient (Wildman–Crippen LogP) is 1.06. The first kappa shape index (κ1) is 15.4. The highest BCUT2D eigenvalue weighted by molar-refractivity contribution is 5.80. The van der Waals surface area contributed by atoms with Crippen LogP contribution in [0.25, 0.3) is 11.3 Å². The van der Waals surface area contributed by atoms with Crippen molar-refractivity contribution < 1.29 is 9.90 Å². The quantitative estimate of drug-likeness (QED) is 0.769. The van der Waals surface area contributed by atoms with E-state index in [0.717, 1.165) is 28.9 Å². The molecule has 6 heteroatoms. The smallest absolute Gasteiger partial charge is 0.226 e. The molecule has 1 aromatic heterocycles. The Morgan fingerprint density at radius 2 is 2.08 bits per heavy atom. The van der Waals surface area contributed by atoms with Crippen LogP contribution in [0.4, 0.5) is 0 Å². The summed E-state index contributed by atoms with van der Waals surface area (Å²) in [4.78, 5) is 14.7. The maximum absolute atomic E-state index is 12.8. The normalized spacial score (nSPS) is 26.4. The summed E-state index contributed by atoms with van der Waals surface area (Å²) in [7, 11) is 0. The molecule has 0 radical (unpaired) electrons. The van der Waals surface area contributed by atoms with Gasteiger partial charge in [-0.1, -0.05) is 30.3 Å². The minimum atomic E-state index is -0.562. The van der Waals surface area contributed by atoms with Crippen molar-refractivity contribution >= 4 is 5.91 Å². The molecule has 2 aliphatic rings. The average molecular weight is 326 g/mol. The summed E-state index contributed by atoms with van der Waals surface area (Å²) in [5.74, 6) is -0.0588. The lowest BCUT2D eigenvalue weighted by atomic mass is 9.99. The standard InChI is InChI=1S/C18H22N4O2/c19-14-8-12(9-16(14)23)18(24)22-7-6-15-13(10-22)17(21-20-15)11-4-2-1-3-5-11/h1-5,12,14,16,23H,6-10,19H2,(H,20,21)/t12-,14-,16-/m0/s1. The topological polar surface area (TPSA) is 95.2 Å². The zero-order valence-corrected chi connectivity index (χ0v) is 13.5. The van der Waals surface area contributed by atoms with Crippen LogP contribution in [0.5, 0.6) is 0 Å². The van der Waals surface area contributed by atoms with Crippen molar-refractivity contribution in [3.8, 4) is 11.3 Å². The van der Waals surface area contributed by atoms with E-state index in [1.165, 1.54) is 0 Å². The van der Waals surface area contributed by atoms with Crippen molar-refractivity contribution in [2.45, 2.75) is 38.0 Å². The van der Waals surface area contributed by atoms with Gasteiger partial charge >= 0.3 is 0 Å². The number of aromatic nitrogens is 2. The van der Waals surface area contributed by atoms with Gasteiger partial charge in [0.2, 0.25) is 5.91 Å². The minimum Gasteiger partial charge on any atom is -0.391 e. The molecule has 1 saturated carbocycles. The number of hydrogen-bond acceptors (Lipinski definition) is 4. The molecular formula is C18H22N4O2. The number of amides is 1. The van der Waals surface area contributed by atoms with Gasteiger partial charge in [0.05, 0.1) is 11.8 Å². The van der Waals surface area contributed by atoms with E-state index in [1.807, 2.05) is 35.2 Å². The third-order valence-electron chi connectivity index (χ3n) is 5.22. The van der Waals surface area contributed by atoms with E-state index in [0.29, 0.717) is 25.9 Å². The second kappa shape index (κ2) is 6.03. The van der Waals surface area contributed by atoms with Gasteiger partial charge in [-0.25, -0.2) is 0 Å². The molecule has 4 N–H and O–H groups in total. The fraction of sp³-hybridized carbons (Fsp3) is 0.444. The molecule has 0 bridgehead atoms. The first-order valence-electron chi connectivity index (χ1n) is 8.47. The molecule has 24 heavy (non-hydrogen) atoms. The number of carbonyl (C=O) groups is 1. The second-order valence-corrected chi connectivity index (χ2v) is 6.80. The number of carbonyl (C=O) groups excluding carboxylic acids is 1. The maximum Gasteiger partial charge on any atom is 0.226 e. The molecule has 1 fully saturated rings. The second-order valence-electron chi connectivity index (χ2n) is 6.80. The van der Waals surface area contributed by atoms with Crippen LogP contribution in [0.3, 0.4) is 0 Å². The first-order valence-corrected chi connectivity index (χ1v) is 8.47. The zero-order chi connectivity index (χ0) is 16.7. The van der Waals surface area contributed by atoms with Crippen LogP contribution in [0, 0.1) is 5.92 Å². The van der Waals surface area contributed by atoms with E-state index in [9.17, 15) is 9.90 Å². The molecule has 1 amide bonds. The summed E-state index contributed by atoms with van der Waals surface area (Å²) < 4.78 is 0. The number of H-pyrrole nitrogens is 1. The summed E-state index contributed by atoms with van der Waals surface area (Å²) in [5.41, 5.74) is 10.1. The maximum atomic E-state index is 12.8. The molecule has 1 aliphatic carbocycles. The van der Waals surface area contributed by atoms with Gasteiger partial charge in [-0.05, 0) is 12.8 Å². The largest absolute Gasteiger partial charge is 0.391 e. The van der Waals surface area contributed by atoms with Crippen LogP contribution in [-0.2, 0) is 17.8 Å². The van der Waals surface area contributed by atoms with Crippen LogP contribution < -0.4 is 5.73 Å². The summed E-state index contributed by atoms with van der Waals surface area (Å²) in [5, 5.41) is 17.4. The molecule has 0 unspecified atom stereocenters. The van der Waals surface area contributed by atoms with Gasteiger partial charge in [-0.15, -0.1) is 0 Å². The Hall–Kier alpha value is -2.18. The first-order chi connectivity index (χ1) is 11.6. The van der Waals surface area contributed by atoms with Gasteiger partial charge < -0.3 is 15.7 Å². The van der Waals surface area contributed by atoms with E-state index < -0.39 is 6.10 Å². The average Bonchev–Trinajstić information content (AvgIpc) is 3.18. The number of benzene rings is 1. The third kappa shape index (κ3) is 2.61.